The van der Waals surface area contributed by atoms with Crippen molar-refractivity contribution in [2.45, 2.75) is 11.8 Å². The van der Waals surface area contributed by atoms with Gasteiger partial charge in [0, 0.05) is 12.1 Å². The second-order valence-electron chi connectivity index (χ2n) is 3.33. The fraction of sp³-hybridized carbons (Fsp3) is 0.111. The van der Waals surface area contributed by atoms with Crippen molar-refractivity contribution in [3.63, 3.8) is 0 Å². The molecule has 0 spiro atoms. The first-order valence-electron chi connectivity index (χ1n) is 4.79. The smallest absolute Gasteiger partial charge is 0.253 e. The van der Waals surface area contributed by atoms with E-state index in [0.717, 1.165) is 11.3 Å². The first kappa shape index (κ1) is 12.4. The fourth-order valence-electron chi connectivity index (χ4n) is 1.20. The number of rotatable bonds is 3. The molecule has 1 aromatic heterocycles. The third-order valence-corrected chi connectivity index (χ3v) is 4.25. The lowest BCUT2D eigenvalue weighted by Crippen LogP contribution is -2.12. The molecule has 1 N–H and O–H groups in total. The van der Waals surface area contributed by atoms with E-state index in [9.17, 15) is 8.42 Å². The van der Waals surface area contributed by atoms with E-state index < -0.39 is 10.0 Å². The molecule has 0 saturated heterocycles. The molecule has 1 aromatic carbocycles. The Bertz CT molecular complexity index is 699. The van der Waals surface area contributed by atoms with Crippen molar-refractivity contribution >= 4 is 32.2 Å². The largest absolute Gasteiger partial charge is 0.385 e. The quantitative estimate of drug-likeness (QED) is 0.869. The number of anilines is 1. The van der Waals surface area contributed by atoms with Crippen LogP contribution in [0.1, 0.15) is 5.01 Å². The third kappa shape index (κ3) is 2.61. The number of diazo groups is 1. The molecule has 2 rings (SSSR count). The number of hydrogen-bond donors (Lipinski definition) is 1. The van der Waals surface area contributed by atoms with Gasteiger partial charge >= 0.3 is 5.69 Å². The molecular formula is C9H8N5O2S2+. The molecule has 0 amide bonds. The first-order chi connectivity index (χ1) is 8.51. The van der Waals surface area contributed by atoms with Crippen molar-refractivity contribution in [2.24, 2.45) is 0 Å². The highest BCUT2D eigenvalue weighted by atomic mass is 32.2. The second kappa shape index (κ2) is 4.67. The van der Waals surface area contributed by atoms with E-state index in [2.05, 4.69) is 19.9 Å². The summed E-state index contributed by atoms with van der Waals surface area (Å²) in [6.07, 6.45) is 0. The van der Waals surface area contributed by atoms with Gasteiger partial charge in [-0.1, -0.05) is 11.3 Å². The maximum atomic E-state index is 11.9. The molecular weight excluding hydrogens is 274 g/mol. The second-order valence-corrected chi connectivity index (χ2v) is 6.19. The maximum absolute atomic E-state index is 11.9. The molecule has 7 nitrogen and oxygen atoms in total. The highest BCUT2D eigenvalue weighted by Gasteiger charge is 2.17. The van der Waals surface area contributed by atoms with E-state index in [1.54, 1.807) is 6.92 Å². The van der Waals surface area contributed by atoms with Crippen LogP contribution >= 0.6 is 11.3 Å². The minimum atomic E-state index is -3.69. The minimum Gasteiger partial charge on any atom is -0.253 e. The van der Waals surface area contributed by atoms with Gasteiger partial charge in [-0.05, 0) is 19.1 Å². The zero-order chi connectivity index (χ0) is 13.2. The highest BCUT2D eigenvalue weighted by Crippen LogP contribution is 2.21. The Morgan fingerprint density at radius 1 is 1.28 bits per heavy atom. The van der Waals surface area contributed by atoms with Gasteiger partial charge in [-0.25, -0.2) is 8.42 Å². The Kier molecular flexibility index (Phi) is 3.22. The Morgan fingerprint density at radius 3 is 2.44 bits per heavy atom. The zero-order valence-electron chi connectivity index (χ0n) is 9.23. The molecule has 0 unspecified atom stereocenters. The van der Waals surface area contributed by atoms with Crippen LogP contribution in [0, 0.1) is 12.3 Å². The summed E-state index contributed by atoms with van der Waals surface area (Å²) in [5.41, 5.74) is 0.278. The number of aromatic nitrogens is 2. The first-order valence-corrected chi connectivity index (χ1v) is 7.09. The number of aryl methyl sites for hydroxylation is 1. The Balaban J connectivity index is 2.28. The predicted octanol–water partition coefficient (Wildman–Crippen LogP) is 2.13. The topological polar surface area (TPSA) is 100 Å². The Labute approximate surface area is 107 Å². The predicted molar refractivity (Wildman–Crippen MR) is 66.6 cm³/mol. The molecule has 0 atom stereocenters. The van der Waals surface area contributed by atoms with Crippen molar-refractivity contribution in [3.8, 4) is 0 Å². The summed E-state index contributed by atoms with van der Waals surface area (Å²) in [5.74, 6) is 0. The van der Waals surface area contributed by atoms with Crippen LogP contribution in [0.15, 0.2) is 29.2 Å². The van der Waals surface area contributed by atoms with E-state index in [0.29, 0.717) is 5.01 Å². The van der Waals surface area contributed by atoms with Crippen molar-refractivity contribution < 1.29 is 8.42 Å². The summed E-state index contributed by atoms with van der Waals surface area (Å²) in [7, 11) is -3.69. The lowest BCUT2D eigenvalue weighted by molar-refractivity contribution is 0.601. The van der Waals surface area contributed by atoms with Crippen molar-refractivity contribution in [1.29, 1.82) is 5.39 Å². The van der Waals surface area contributed by atoms with Gasteiger partial charge in [0.25, 0.3) is 10.0 Å². The number of sulfonamides is 1. The highest BCUT2D eigenvalue weighted by molar-refractivity contribution is 7.93. The van der Waals surface area contributed by atoms with Crippen LogP contribution in [0.5, 0.6) is 0 Å². The van der Waals surface area contributed by atoms with Gasteiger partial charge < -0.3 is 0 Å². The average Bonchev–Trinajstić information content (AvgIpc) is 2.74. The number of hydrogen-bond acceptors (Lipinski definition) is 6. The van der Waals surface area contributed by atoms with Gasteiger partial charge in [-0.15, -0.1) is 10.2 Å². The molecule has 0 aliphatic carbocycles. The van der Waals surface area contributed by atoms with E-state index in [1.165, 1.54) is 24.3 Å². The van der Waals surface area contributed by atoms with Crippen LogP contribution in [-0.4, -0.2) is 18.6 Å². The van der Waals surface area contributed by atoms with Crippen molar-refractivity contribution in [3.05, 3.63) is 34.2 Å². The maximum Gasteiger partial charge on any atom is 0.385 e. The normalized spacial score (nSPS) is 10.9. The summed E-state index contributed by atoms with van der Waals surface area (Å²) >= 11 is 1.15. The van der Waals surface area contributed by atoms with Crippen LogP contribution in [0.4, 0.5) is 10.8 Å². The van der Waals surface area contributed by atoms with Gasteiger partial charge in [0.1, 0.15) is 5.01 Å². The van der Waals surface area contributed by atoms with Crippen LogP contribution < -0.4 is 4.72 Å². The summed E-state index contributed by atoms with van der Waals surface area (Å²) < 4.78 is 26.2. The fourth-order valence-corrected chi connectivity index (χ4v) is 3.03. The van der Waals surface area contributed by atoms with Gasteiger partial charge in [0.05, 0.1) is 4.90 Å². The Hall–Kier alpha value is -2.05. The lowest BCUT2D eigenvalue weighted by Gasteiger charge is -2.02. The average molecular weight is 282 g/mol. The Morgan fingerprint density at radius 2 is 1.94 bits per heavy atom. The van der Waals surface area contributed by atoms with Gasteiger partial charge in [-0.3, -0.25) is 4.72 Å². The van der Waals surface area contributed by atoms with Crippen LogP contribution in [0.3, 0.4) is 0 Å². The van der Waals surface area contributed by atoms with E-state index >= 15 is 0 Å². The van der Waals surface area contributed by atoms with Gasteiger partial charge in [0.2, 0.25) is 10.5 Å². The number of benzene rings is 1. The molecule has 0 aliphatic heterocycles. The molecule has 0 aliphatic rings. The third-order valence-electron chi connectivity index (χ3n) is 2.01. The van der Waals surface area contributed by atoms with Gasteiger partial charge in [0.15, 0.2) is 4.98 Å². The number of nitrogens with one attached hydrogen (secondary N) is 1. The molecule has 0 fully saturated rings. The molecule has 0 radical (unpaired) electrons. The summed E-state index contributed by atoms with van der Waals surface area (Å²) in [5, 5.41) is 16.8. The number of nitrogens with zero attached hydrogens (tertiary/aromatic N) is 4. The SMILES string of the molecule is Cc1nnc(NS(=O)(=O)c2ccc([N+]#N)cc2)s1. The summed E-state index contributed by atoms with van der Waals surface area (Å²) in [4.78, 5) is 3.00. The lowest BCUT2D eigenvalue weighted by atomic mass is 10.3. The molecule has 18 heavy (non-hydrogen) atoms. The van der Waals surface area contributed by atoms with Gasteiger partial charge in [-0.2, -0.15) is 0 Å². The van der Waals surface area contributed by atoms with Crippen LogP contribution in [0.2, 0.25) is 0 Å². The molecule has 2 aromatic rings. The van der Waals surface area contributed by atoms with Crippen molar-refractivity contribution in [1.82, 2.24) is 10.2 Å². The van der Waals surface area contributed by atoms with E-state index in [4.69, 9.17) is 5.39 Å². The molecule has 92 valence electrons. The molecule has 9 heteroatoms. The zero-order valence-corrected chi connectivity index (χ0v) is 10.9. The van der Waals surface area contributed by atoms with Crippen LogP contribution in [0.25, 0.3) is 4.98 Å². The minimum absolute atomic E-state index is 0.0581. The summed E-state index contributed by atoms with van der Waals surface area (Å²) in [6.45, 7) is 1.73. The standard InChI is InChI=1S/C9H8N5O2S2/c1-6-12-13-9(17-6)14-18(15,16)8-4-2-7(11-10)3-5-8/h2-5H,1H3,(H,13,14)/q+1. The van der Waals surface area contributed by atoms with Crippen LogP contribution in [-0.2, 0) is 10.0 Å². The molecule has 1 heterocycles. The van der Waals surface area contributed by atoms with E-state index in [1.807, 2.05) is 0 Å². The van der Waals surface area contributed by atoms with E-state index in [-0.39, 0.29) is 15.7 Å². The summed E-state index contributed by atoms with van der Waals surface area (Å²) in [6, 6.07) is 5.45. The molecule has 0 saturated carbocycles. The monoisotopic (exact) mass is 282 g/mol. The molecule has 0 bridgehead atoms. The van der Waals surface area contributed by atoms with Crippen molar-refractivity contribution in [2.75, 3.05) is 4.72 Å².